The molecule has 3 rings (SSSR count). The average Bonchev–Trinajstić information content (AvgIpc) is 2.97. The lowest BCUT2D eigenvalue weighted by molar-refractivity contribution is -0.112. The molecule has 4 nitrogen and oxygen atoms in total. The molecule has 1 aliphatic heterocycles. The van der Waals surface area contributed by atoms with Gasteiger partial charge in [0.1, 0.15) is 11.3 Å². The van der Waals surface area contributed by atoms with E-state index in [0.717, 1.165) is 55.2 Å². The highest BCUT2D eigenvalue weighted by atomic mass is 32.1. The molecule has 0 N–H and O–H groups in total. The Bertz CT molecular complexity index is 562. The van der Waals surface area contributed by atoms with E-state index in [9.17, 15) is 4.79 Å². The third-order valence-electron chi connectivity index (χ3n) is 3.65. The van der Waals surface area contributed by atoms with Crippen LogP contribution in [0.3, 0.4) is 0 Å². The summed E-state index contributed by atoms with van der Waals surface area (Å²) < 4.78 is 0. The summed E-state index contributed by atoms with van der Waals surface area (Å²) >= 11 is 1.64. The zero-order valence-electron chi connectivity index (χ0n) is 11.2. The quantitative estimate of drug-likeness (QED) is 0.811. The van der Waals surface area contributed by atoms with Gasteiger partial charge in [-0.15, -0.1) is 11.3 Å². The third-order valence-corrected chi connectivity index (χ3v) is 4.56. The predicted octanol–water partition coefficient (Wildman–Crippen LogP) is 2.62. The van der Waals surface area contributed by atoms with Crippen molar-refractivity contribution in [1.29, 1.82) is 0 Å². The highest BCUT2D eigenvalue weighted by molar-refractivity contribution is 7.13. The van der Waals surface area contributed by atoms with Gasteiger partial charge in [0.2, 0.25) is 0 Å². The van der Waals surface area contributed by atoms with Gasteiger partial charge in [-0.05, 0) is 38.1 Å². The van der Waals surface area contributed by atoms with E-state index in [1.165, 1.54) is 0 Å². The Labute approximate surface area is 122 Å². The van der Waals surface area contributed by atoms with Crippen LogP contribution in [0.4, 0.5) is 0 Å². The summed E-state index contributed by atoms with van der Waals surface area (Å²) in [5.41, 5.74) is 2.03. The normalized spacial score (nSPS) is 17.2. The number of carbonyl (C=O) groups excluding carboxylic acids is 1. The fourth-order valence-electron chi connectivity index (χ4n) is 2.46. The number of pyridine rings is 1. The number of thiazole rings is 1. The standard InChI is InChI=1S/C15H17N3OS/c19-10-12-4-7-18(8-5-12)9-13-11-20-15(17-13)14-3-1-2-6-16-14/h1-3,6,10-12H,4-5,7-9H2. The molecule has 0 atom stereocenters. The van der Waals surface area contributed by atoms with Gasteiger partial charge in [0.05, 0.1) is 11.4 Å². The van der Waals surface area contributed by atoms with Crippen LogP contribution in [0.15, 0.2) is 29.8 Å². The summed E-state index contributed by atoms with van der Waals surface area (Å²) in [5.74, 6) is 0.255. The molecule has 1 saturated heterocycles. The Hall–Kier alpha value is -1.59. The van der Waals surface area contributed by atoms with Crippen LogP contribution < -0.4 is 0 Å². The summed E-state index contributed by atoms with van der Waals surface area (Å²) in [6.07, 6.45) is 4.83. The van der Waals surface area contributed by atoms with Crippen molar-refractivity contribution in [2.45, 2.75) is 19.4 Å². The molecule has 0 radical (unpaired) electrons. The monoisotopic (exact) mass is 287 g/mol. The van der Waals surface area contributed by atoms with Gasteiger partial charge in [0.15, 0.2) is 0 Å². The lowest BCUT2D eigenvalue weighted by Crippen LogP contribution is -2.33. The van der Waals surface area contributed by atoms with Gasteiger partial charge in [0, 0.05) is 24.0 Å². The van der Waals surface area contributed by atoms with Gasteiger partial charge >= 0.3 is 0 Å². The van der Waals surface area contributed by atoms with Crippen molar-refractivity contribution in [3.8, 4) is 10.7 Å². The van der Waals surface area contributed by atoms with Crippen LogP contribution in [0.1, 0.15) is 18.5 Å². The van der Waals surface area contributed by atoms with Crippen LogP contribution in [-0.2, 0) is 11.3 Å². The van der Waals surface area contributed by atoms with E-state index in [1.807, 2.05) is 18.2 Å². The third kappa shape index (κ3) is 3.11. The van der Waals surface area contributed by atoms with Crippen LogP contribution in [0, 0.1) is 5.92 Å². The molecule has 104 valence electrons. The lowest BCUT2D eigenvalue weighted by atomic mass is 9.99. The van der Waals surface area contributed by atoms with Gasteiger partial charge in [0.25, 0.3) is 0 Å². The van der Waals surface area contributed by atoms with E-state index in [0.29, 0.717) is 0 Å². The lowest BCUT2D eigenvalue weighted by Gasteiger charge is -2.28. The molecule has 5 heteroatoms. The second-order valence-corrected chi connectivity index (χ2v) is 5.97. The molecular formula is C15H17N3OS. The first kappa shape index (κ1) is 13.4. The first-order chi connectivity index (χ1) is 9.85. The number of piperidine rings is 1. The Morgan fingerprint density at radius 2 is 2.20 bits per heavy atom. The zero-order chi connectivity index (χ0) is 13.8. The largest absolute Gasteiger partial charge is 0.303 e. The minimum Gasteiger partial charge on any atom is -0.303 e. The molecule has 0 unspecified atom stereocenters. The molecule has 2 aromatic rings. The van der Waals surface area contributed by atoms with E-state index in [2.05, 4.69) is 20.2 Å². The van der Waals surface area contributed by atoms with Crippen molar-refractivity contribution in [3.63, 3.8) is 0 Å². The summed E-state index contributed by atoms with van der Waals surface area (Å²) in [6.45, 7) is 2.84. The number of aromatic nitrogens is 2. The van der Waals surface area contributed by atoms with Crippen LogP contribution in [0.2, 0.25) is 0 Å². The van der Waals surface area contributed by atoms with Crippen LogP contribution in [0.5, 0.6) is 0 Å². The molecule has 0 saturated carbocycles. The highest BCUT2D eigenvalue weighted by Gasteiger charge is 2.19. The fraction of sp³-hybridized carbons (Fsp3) is 0.400. The number of nitrogens with zero attached hydrogens (tertiary/aromatic N) is 3. The molecule has 0 spiro atoms. The molecule has 2 aromatic heterocycles. The van der Waals surface area contributed by atoms with Crippen molar-refractivity contribution < 1.29 is 4.79 Å². The first-order valence-corrected chi connectivity index (χ1v) is 7.76. The van der Waals surface area contributed by atoms with Crippen LogP contribution in [0.25, 0.3) is 10.7 Å². The number of aldehydes is 1. The van der Waals surface area contributed by atoms with Gasteiger partial charge in [-0.25, -0.2) is 4.98 Å². The highest BCUT2D eigenvalue weighted by Crippen LogP contribution is 2.23. The number of rotatable bonds is 4. The molecule has 1 fully saturated rings. The molecule has 0 amide bonds. The Morgan fingerprint density at radius 1 is 1.35 bits per heavy atom. The molecule has 20 heavy (non-hydrogen) atoms. The van der Waals surface area contributed by atoms with Crippen molar-refractivity contribution in [3.05, 3.63) is 35.5 Å². The number of hydrogen-bond acceptors (Lipinski definition) is 5. The Kier molecular flexibility index (Phi) is 4.18. The maximum absolute atomic E-state index is 10.7. The van der Waals surface area contributed by atoms with E-state index in [1.54, 1.807) is 17.5 Å². The summed E-state index contributed by atoms with van der Waals surface area (Å²) in [7, 11) is 0. The summed E-state index contributed by atoms with van der Waals surface area (Å²) in [5, 5.41) is 3.08. The molecule has 0 aliphatic carbocycles. The Morgan fingerprint density at radius 3 is 2.90 bits per heavy atom. The molecule has 1 aliphatic rings. The molecule has 3 heterocycles. The molecule has 0 bridgehead atoms. The van der Waals surface area contributed by atoms with E-state index >= 15 is 0 Å². The topological polar surface area (TPSA) is 46.1 Å². The second-order valence-electron chi connectivity index (χ2n) is 5.11. The Balaban J connectivity index is 1.62. The minimum atomic E-state index is 0.255. The van der Waals surface area contributed by atoms with Crippen LogP contribution in [-0.4, -0.2) is 34.2 Å². The van der Waals surface area contributed by atoms with Gasteiger partial charge in [-0.1, -0.05) is 6.07 Å². The maximum Gasteiger partial charge on any atom is 0.142 e. The summed E-state index contributed by atoms with van der Waals surface area (Å²) in [6, 6.07) is 5.88. The fourth-order valence-corrected chi connectivity index (χ4v) is 3.25. The smallest absolute Gasteiger partial charge is 0.142 e. The van der Waals surface area contributed by atoms with Gasteiger partial charge in [-0.3, -0.25) is 9.88 Å². The maximum atomic E-state index is 10.7. The van der Waals surface area contributed by atoms with Crippen LogP contribution >= 0.6 is 11.3 Å². The van der Waals surface area contributed by atoms with Crippen molar-refractivity contribution in [2.24, 2.45) is 5.92 Å². The van der Waals surface area contributed by atoms with Crippen molar-refractivity contribution >= 4 is 17.6 Å². The van der Waals surface area contributed by atoms with E-state index in [4.69, 9.17) is 0 Å². The molecular weight excluding hydrogens is 270 g/mol. The van der Waals surface area contributed by atoms with Gasteiger partial charge < -0.3 is 4.79 Å². The second kappa shape index (κ2) is 6.24. The van der Waals surface area contributed by atoms with E-state index in [-0.39, 0.29) is 5.92 Å². The predicted molar refractivity (Wildman–Crippen MR) is 79.4 cm³/mol. The number of hydrogen-bond donors (Lipinski definition) is 0. The summed E-state index contributed by atoms with van der Waals surface area (Å²) in [4.78, 5) is 22.1. The zero-order valence-corrected chi connectivity index (χ0v) is 12.1. The number of carbonyl (C=O) groups is 1. The van der Waals surface area contributed by atoms with E-state index < -0.39 is 0 Å². The van der Waals surface area contributed by atoms with Gasteiger partial charge in [-0.2, -0.15) is 0 Å². The molecule has 0 aromatic carbocycles. The average molecular weight is 287 g/mol. The SMILES string of the molecule is O=CC1CCN(Cc2csc(-c3ccccn3)n2)CC1. The van der Waals surface area contributed by atoms with Crippen molar-refractivity contribution in [1.82, 2.24) is 14.9 Å². The minimum absolute atomic E-state index is 0.255. The number of likely N-dealkylation sites (tertiary alicyclic amines) is 1. The van der Waals surface area contributed by atoms with Crippen molar-refractivity contribution in [2.75, 3.05) is 13.1 Å². The first-order valence-electron chi connectivity index (χ1n) is 6.88.